The van der Waals surface area contributed by atoms with Gasteiger partial charge in [-0.2, -0.15) is 0 Å². The Morgan fingerprint density at radius 2 is 2.00 bits per heavy atom. The van der Waals surface area contributed by atoms with Gasteiger partial charge in [-0.05, 0) is 0 Å². The molecular formula is C10H12AsN5O3. The second kappa shape index (κ2) is 4.41. The Hall–Kier alpha value is -1.76. The van der Waals surface area contributed by atoms with Crippen LogP contribution in [0, 0.1) is 0 Å². The van der Waals surface area contributed by atoms with Crippen LogP contribution in [-0.2, 0) is 10.4 Å². The van der Waals surface area contributed by atoms with E-state index in [4.69, 9.17) is 8.19 Å². The molecule has 0 atom stereocenters. The van der Waals surface area contributed by atoms with Gasteiger partial charge in [0, 0.05) is 0 Å². The molecule has 2 aromatic rings. The summed E-state index contributed by atoms with van der Waals surface area (Å²) in [6, 6.07) is 6.34. The van der Waals surface area contributed by atoms with E-state index >= 15 is 0 Å². The number of fused-ring (bicyclic) bond motifs is 1. The van der Waals surface area contributed by atoms with Crippen molar-refractivity contribution < 1.29 is 11.9 Å². The predicted octanol–water partition coefficient (Wildman–Crippen LogP) is -1.31. The molecule has 3 N–H and O–H groups in total. The second-order valence-electron chi connectivity index (χ2n) is 4.20. The fraction of sp³-hybridized carbons (Fsp3) is 0.200. The molecule has 1 aliphatic heterocycles. The van der Waals surface area contributed by atoms with Gasteiger partial charge in [0.1, 0.15) is 0 Å². The Kier molecular flexibility index (Phi) is 2.85. The van der Waals surface area contributed by atoms with Crippen molar-refractivity contribution >= 4 is 30.2 Å². The standard InChI is InChI=1S/C10H12AsN5O3/c17-11(18,19)8-1-3-9(4-2-8)15-5-12-10-14-13-6-16(10)7-15/h1-4,6H,5,7H2,(H,12,14)(H2,17,18,19). The van der Waals surface area contributed by atoms with Crippen LogP contribution >= 0.6 is 0 Å². The molecule has 0 amide bonds. The van der Waals surface area contributed by atoms with Gasteiger partial charge in [-0.1, -0.05) is 0 Å². The number of aromatic nitrogens is 3. The van der Waals surface area contributed by atoms with Gasteiger partial charge in [-0.3, -0.25) is 0 Å². The summed E-state index contributed by atoms with van der Waals surface area (Å²) >= 11 is -4.80. The van der Waals surface area contributed by atoms with Gasteiger partial charge in [0.15, 0.2) is 0 Å². The summed E-state index contributed by atoms with van der Waals surface area (Å²) in [5, 5.41) is 10.8. The Balaban J connectivity index is 1.83. The van der Waals surface area contributed by atoms with Crippen LogP contribution in [0.25, 0.3) is 0 Å². The molecule has 0 spiro atoms. The zero-order valence-corrected chi connectivity index (χ0v) is 11.7. The Morgan fingerprint density at radius 1 is 1.26 bits per heavy atom. The quantitative estimate of drug-likeness (QED) is 0.589. The molecule has 0 bridgehead atoms. The fourth-order valence-corrected chi connectivity index (χ4v) is 3.05. The third kappa shape index (κ3) is 2.37. The maximum atomic E-state index is 11.2. The van der Waals surface area contributed by atoms with E-state index in [1.807, 2.05) is 9.47 Å². The molecule has 1 aromatic heterocycles. The number of benzene rings is 1. The topological polar surface area (TPSA) is 104 Å². The van der Waals surface area contributed by atoms with E-state index in [2.05, 4.69) is 15.5 Å². The minimum absolute atomic E-state index is 0.0804. The van der Waals surface area contributed by atoms with Gasteiger partial charge < -0.3 is 0 Å². The van der Waals surface area contributed by atoms with E-state index in [0.717, 1.165) is 5.69 Å². The Morgan fingerprint density at radius 3 is 2.68 bits per heavy atom. The minimum atomic E-state index is -4.80. The molecule has 100 valence electrons. The molecule has 0 aliphatic carbocycles. The second-order valence-corrected chi connectivity index (χ2v) is 7.57. The molecule has 1 aliphatic rings. The van der Waals surface area contributed by atoms with Gasteiger partial charge in [0.2, 0.25) is 0 Å². The summed E-state index contributed by atoms with van der Waals surface area (Å²) in [6.07, 6.45) is 1.63. The third-order valence-corrected chi connectivity index (χ3v) is 4.95. The summed E-state index contributed by atoms with van der Waals surface area (Å²) in [7, 11) is 0. The van der Waals surface area contributed by atoms with Gasteiger partial charge in [0.25, 0.3) is 0 Å². The van der Waals surface area contributed by atoms with Crippen LogP contribution < -0.4 is 14.6 Å². The normalized spacial score (nSPS) is 14.9. The first-order chi connectivity index (χ1) is 9.04. The fourth-order valence-electron chi connectivity index (χ4n) is 1.93. The van der Waals surface area contributed by atoms with Crippen LogP contribution in [0.3, 0.4) is 0 Å². The summed E-state index contributed by atoms with van der Waals surface area (Å²) in [5.74, 6) is 0.714. The monoisotopic (exact) mass is 325 g/mol. The van der Waals surface area contributed by atoms with Crippen LogP contribution in [0.4, 0.5) is 11.6 Å². The van der Waals surface area contributed by atoms with Gasteiger partial charge >= 0.3 is 111 Å². The van der Waals surface area contributed by atoms with Gasteiger partial charge in [-0.25, -0.2) is 0 Å². The van der Waals surface area contributed by atoms with Crippen LogP contribution in [0.1, 0.15) is 0 Å². The number of hydrogen-bond acceptors (Lipinski definition) is 5. The number of nitrogens with zero attached hydrogens (tertiary/aromatic N) is 4. The average molecular weight is 325 g/mol. The van der Waals surface area contributed by atoms with E-state index in [0.29, 0.717) is 19.3 Å². The van der Waals surface area contributed by atoms with Crippen LogP contribution in [0.5, 0.6) is 0 Å². The van der Waals surface area contributed by atoms with Crippen LogP contribution in [0.15, 0.2) is 30.6 Å². The molecule has 0 unspecified atom stereocenters. The van der Waals surface area contributed by atoms with Crippen molar-refractivity contribution in [1.82, 2.24) is 14.8 Å². The van der Waals surface area contributed by atoms with Gasteiger partial charge in [0.05, 0.1) is 0 Å². The predicted molar refractivity (Wildman–Crippen MR) is 67.9 cm³/mol. The molecule has 19 heavy (non-hydrogen) atoms. The molecule has 0 radical (unpaired) electrons. The van der Waals surface area contributed by atoms with Crippen molar-refractivity contribution in [2.45, 2.75) is 6.67 Å². The van der Waals surface area contributed by atoms with Crippen molar-refractivity contribution in [3.63, 3.8) is 0 Å². The van der Waals surface area contributed by atoms with E-state index in [1.165, 1.54) is 12.1 Å². The first-order valence-corrected chi connectivity index (χ1v) is 8.95. The molecular weight excluding hydrogens is 313 g/mol. The summed E-state index contributed by atoms with van der Waals surface area (Å²) in [4.78, 5) is 2.01. The first kappa shape index (κ1) is 12.3. The number of rotatable bonds is 2. The molecule has 2 heterocycles. The Labute approximate surface area is 111 Å². The molecule has 0 saturated carbocycles. The van der Waals surface area contributed by atoms with E-state index in [9.17, 15) is 3.74 Å². The Bertz CT molecular complexity index is 635. The van der Waals surface area contributed by atoms with Crippen molar-refractivity contribution in [1.29, 1.82) is 0 Å². The average Bonchev–Trinajstić information content (AvgIpc) is 2.85. The molecule has 3 rings (SSSR count). The van der Waals surface area contributed by atoms with Crippen LogP contribution in [-0.4, -0.2) is 43.8 Å². The van der Waals surface area contributed by atoms with Crippen molar-refractivity contribution in [2.75, 3.05) is 16.9 Å². The zero-order valence-electron chi connectivity index (χ0n) is 9.84. The molecule has 9 heteroatoms. The van der Waals surface area contributed by atoms with Crippen molar-refractivity contribution in [3.8, 4) is 0 Å². The summed E-state index contributed by atoms with van der Waals surface area (Å²) in [5.41, 5.74) is 0.875. The summed E-state index contributed by atoms with van der Waals surface area (Å²) < 4.78 is 31.3. The van der Waals surface area contributed by atoms with Crippen molar-refractivity contribution in [3.05, 3.63) is 30.6 Å². The van der Waals surface area contributed by atoms with Crippen molar-refractivity contribution in [2.24, 2.45) is 0 Å². The van der Waals surface area contributed by atoms with E-state index in [-0.39, 0.29) is 4.35 Å². The SMILES string of the molecule is O=[As](O)(O)c1ccc(N2CNc3nncn3C2)cc1. The molecule has 0 fully saturated rings. The molecule has 8 nitrogen and oxygen atoms in total. The zero-order chi connectivity index (χ0) is 13.5. The number of anilines is 2. The number of nitrogens with one attached hydrogen (secondary N) is 1. The maximum absolute atomic E-state index is 11.2. The number of hydrogen-bond donors (Lipinski definition) is 3. The third-order valence-electron chi connectivity index (χ3n) is 2.92. The van der Waals surface area contributed by atoms with E-state index < -0.39 is 14.2 Å². The molecule has 1 aromatic carbocycles. The van der Waals surface area contributed by atoms with E-state index in [1.54, 1.807) is 18.5 Å². The summed E-state index contributed by atoms with van der Waals surface area (Å²) in [6.45, 7) is 1.16. The van der Waals surface area contributed by atoms with Crippen LogP contribution in [0.2, 0.25) is 0 Å². The van der Waals surface area contributed by atoms with Gasteiger partial charge in [-0.15, -0.1) is 0 Å². The molecule has 0 saturated heterocycles. The first-order valence-electron chi connectivity index (χ1n) is 5.57.